The van der Waals surface area contributed by atoms with Crippen LogP contribution in [0.3, 0.4) is 0 Å². The number of carbonyl (C=O) groups is 2. The van der Waals surface area contributed by atoms with Crippen LogP contribution in [0.5, 0.6) is 0 Å². The van der Waals surface area contributed by atoms with Crippen LogP contribution >= 0.6 is 0 Å². The molecule has 2 saturated heterocycles. The first kappa shape index (κ1) is 26.3. The van der Waals surface area contributed by atoms with E-state index in [2.05, 4.69) is 10.3 Å². The Morgan fingerprint density at radius 3 is 2.70 bits per heavy atom. The van der Waals surface area contributed by atoms with Crippen LogP contribution in [0.2, 0.25) is 0 Å². The molecule has 2 aliphatic rings. The molecule has 37 heavy (non-hydrogen) atoms. The van der Waals surface area contributed by atoms with E-state index in [9.17, 15) is 24.8 Å². The number of ether oxygens (including phenoxy) is 1. The molecule has 0 radical (unpaired) electrons. The highest BCUT2D eigenvalue weighted by Gasteiger charge is 2.33. The number of carbonyl (C=O) groups excluding carboxylic acids is 2. The minimum Gasteiger partial charge on any atom is -0.442 e. The number of rotatable bonds is 9. The Hall–Kier alpha value is -3.78. The Morgan fingerprint density at radius 2 is 2.05 bits per heavy atom. The SMILES string of the molecule is CC(=O)NC[C@@H]1CN(c2ccc(N3CCN(C[C@H](O)Cn4c([N+](=O)[O-])cnc4C)CC3)c(F)c2)C(=O)O1. The Kier molecular flexibility index (Phi) is 7.88. The lowest BCUT2D eigenvalue weighted by atomic mass is 10.2. The zero-order valence-electron chi connectivity index (χ0n) is 20.7. The van der Waals surface area contributed by atoms with E-state index >= 15 is 4.39 Å². The number of anilines is 2. The zero-order valence-corrected chi connectivity index (χ0v) is 20.7. The molecule has 3 heterocycles. The lowest BCUT2D eigenvalue weighted by Crippen LogP contribution is -2.49. The number of aryl methyl sites for hydroxylation is 1. The second-order valence-corrected chi connectivity index (χ2v) is 9.16. The molecule has 1 aromatic carbocycles. The fourth-order valence-electron chi connectivity index (χ4n) is 4.58. The second kappa shape index (κ2) is 11.1. The van der Waals surface area contributed by atoms with E-state index in [-0.39, 0.29) is 31.4 Å². The quantitative estimate of drug-likeness (QED) is 0.364. The number of cyclic esters (lactones) is 1. The number of piperazine rings is 1. The number of hydrogen-bond acceptors (Lipinski definition) is 9. The first-order chi connectivity index (χ1) is 17.6. The second-order valence-electron chi connectivity index (χ2n) is 9.16. The number of nitro groups is 1. The van der Waals surface area contributed by atoms with Crippen molar-refractivity contribution in [1.29, 1.82) is 0 Å². The smallest absolute Gasteiger partial charge is 0.414 e. The summed E-state index contributed by atoms with van der Waals surface area (Å²) in [6.45, 7) is 6.01. The van der Waals surface area contributed by atoms with Gasteiger partial charge in [0.2, 0.25) is 5.91 Å². The van der Waals surface area contributed by atoms with Gasteiger partial charge in [0.1, 0.15) is 30.8 Å². The molecule has 1 aromatic heterocycles. The topological polar surface area (TPSA) is 146 Å². The highest BCUT2D eigenvalue weighted by Crippen LogP contribution is 2.28. The minimum absolute atomic E-state index is 0.0586. The van der Waals surface area contributed by atoms with Crippen LogP contribution < -0.4 is 15.1 Å². The molecular weight excluding hydrogens is 489 g/mol. The molecule has 2 aromatic rings. The van der Waals surface area contributed by atoms with Crippen molar-refractivity contribution < 1.29 is 28.7 Å². The van der Waals surface area contributed by atoms with E-state index in [4.69, 9.17) is 4.74 Å². The third-order valence-corrected chi connectivity index (χ3v) is 6.49. The van der Waals surface area contributed by atoms with Crippen LogP contribution in [0.15, 0.2) is 24.4 Å². The molecule has 2 aliphatic heterocycles. The molecule has 2 N–H and O–H groups in total. The number of benzene rings is 1. The third kappa shape index (κ3) is 6.14. The number of imidazole rings is 1. The van der Waals surface area contributed by atoms with Gasteiger partial charge in [0.15, 0.2) is 5.82 Å². The van der Waals surface area contributed by atoms with E-state index in [1.807, 2.05) is 9.80 Å². The molecule has 0 unspecified atom stereocenters. The van der Waals surface area contributed by atoms with Crippen molar-refractivity contribution in [3.05, 3.63) is 46.2 Å². The van der Waals surface area contributed by atoms with E-state index in [1.54, 1.807) is 19.1 Å². The van der Waals surface area contributed by atoms with Gasteiger partial charge in [0.25, 0.3) is 0 Å². The number of aliphatic hydroxyl groups excluding tert-OH is 1. The Morgan fingerprint density at radius 1 is 1.32 bits per heavy atom. The monoisotopic (exact) mass is 519 g/mol. The normalized spacial score (nSPS) is 19.1. The van der Waals surface area contributed by atoms with Crippen molar-refractivity contribution in [3.63, 3.8) is 0 Å². The zero-order chi connectivity index (χ0) is 26.7. The molecule has 2 amide bonds. The van der Waals surface area contributed by atoms with Crippen molar-refractivity contribution in [3.8, 4) is 0 Å². The number of nitrogens with one attached hydrogen (secondary N) is 1. The predicted molar refractivity (Wildman–Crippen MR) is 131 cm³/mol. The average molecular weight is 520 g/mol. The lowest BCUT2D eigenvalue weighted by Gasteiger charge is -2.37. The summed E-state index contributed by atoms with van der Waals surface area (Å²) in [5.41, 5.74) is 0.790. The largest absolute Gasteiger partial charge is 0.442 e. The maximum Gasteiger partial charge on any atom is 0.414 e. The van der Waals surface area contributed by atoms with Gasteiger partial charge in [-0.25, -0.2) is 18.7 Å². The summed E-state index contributed by atoms with van der Waals surface area (Å²) in [7, 11) is 0. The van der Waals surface area contributed by atoms with E-state index in [0.29, 0.717) is 49.9 Å². The van der Waals surface area contributed by atoms with Gasteiger partial charge in [0, 0.05) is 46.6 Å². The van der Waals surface area contributed by atoms with Crippen molar-refractivity contribution >= 4 is 29.2 Å². The summed E-state index contributed by atoms with van der Waals surface area (Å²) in [4.78, 5) is 43.2. The van der Waals surface area contributed by atoms with Crippen LogP contribution in [0.25, 0.3) is 0 Å². The number of nitrogens with zero attached hydrogens (tertiary/aromatic N) is 6. The number of hydrogen-bond donors (Lipinski definition) is 2. The van der Waals surface area contributed by atoms with Crippen molar-refractivity contribution in [1.82, 2.24) is 19.8 Å². The summed E-state index contributed by atoms with van der Waals surface area (Å²) in [5, 5.41) is 24.3. The number of β-amino-alcohol motifs (C(OH)–C–C–N with tert-alkyl or cyclic N) is 1. The summed E-state index contributed by atoms with van der Waals surface area (Å²) < 4.78 is 21.7. The maximum atomic E-state index is 15.0. The van der Waals surface area contributed by atoms with Gasteiger partial charge in [-0.1, -0.05) is 0 Å². The molecule has 0 aliphatic carbocycles. The molecule has 0 bridgehead atoms. The summed E-state index contributed by atoms with van der Waals surface area (Å²) in [5.74, 6) is -0.394. The maximum absolute atomic E-state index is 15.0. The average Bonchev–Trinajstić information content (AvgIpc) is 3.40. The van der Waals surface area contributed by atoms with Crippen LogP contribution in [0, 0.1) is 22.9 Å². The highest BCUT2D eigenvalue weighted by molar-refractivity contribution is 5.90. The molecule has 2 atom stereocenters. The third-order valence-electron chi connectivity index (χ3n) is 6.49. The van der Waals surface area contributed by atoms with E-state index in [1.165, 1.54) is 28.7 Å². The van der Waals surface area contributed by atoms with E-state index in [0.717, 1.165) is 0 Å². The fourth-order valence-corrected chi connectivity index (χ4v) is 4.58. The number of aromatic nitrogens is 2. The molecule has 2 fully saturated rings. The fraction of sp³-hybridized carbons (Fsp3) is 0.522. The Bertz CT molecular complexity index is 1170. The molecular formula is C23H30FN7O6. The van der Waals surface area contributed by atoms with Crippen molar-refractivity contribution in [2.45, 2.75) is 32.6 Å². The van der Waals surface area contributed by atoms with Gasteiger partial charge in [0.05, 0.1) is 24.5 Å². The minimum atomic E-state index is -0.830. The van der Waals surface area contributed by atoms with Crippen LogP contribution in [0.1, 0.15) is 12.7 Å². The molecule has 4 rings (SSSR count). The van der Waals surface area contributed by atoms with Crippen LogP contribution in [-0.4, -0.2) is 94.5 Å². The first-order valence-corrected chi connectivity index (χ1v) is 12.0. The molecule has 200 valence electrons. The summed E-state index contributed by atoms with van der Waals surface area (Å²) in [6, 6.07) is 4.59. The van der Waals surface area contributed by atoms with Gasteiger partial charge in [-0.05, 0) is 23.1 Å². The van der Waals surface area contributed by atoms with Crippen molar-refractivity contribution in [2.24, 2.45) is 0 Å². The van der Waals surface area contributed by atoms with Crippen LogP contribution in [0.4, 0.5) is 26.4 Å². The van der Waals surface area contributed by atoms with E-state index < -0.39 is 29.0 Å². The van der Waals surface area contributed by atoms with Crippen molar-refractivity contribution in [2.75, 3.05) is 55.6 Å². The molecule has 13 nitrogen and oxygen atoms in total. The standard InChI is InChI=1S/C23H30FN7O6/c1-15-25-11-22(31(35)36)29(15)13-18(33)12-27-5-7-28(8-6-27)21-4-3-17(9-20(21)24)30-14-19(37-23(30)34)10-26-16(2)32/h3-4,9,11,18-19,33H,5-8,10,12-14H2,1-2H3,(H,26,32)/t18-,19+/m0/s1. The number of aliphatic hydroxyl groups is 1. The Labute approximate surface area is 212 Å². The number of halogens is 1. The molecule has 0 spiro atoms. The van der Waals surface area contributed by atoms with Gasteiger partial charge in [-0.3, -0.25) is 14.6 Å². The van der Waals surface area contributed by atoms with Gasteiger partial charge < -0.3 is 30.2 Å². The Balaban J connectivity index is 1.30. The summed E-state index contributed by atoms with van der Waals surface area (Å²) >= 11 is 0. The number of amides is 2. The highest BCUT2D eigenvalue weighted by atomic mass is 19.1. The lowest BCUT2D eigenvalue weighted by molar-refractivity contribution is -0.392. The summed E-state index contributed by atoms with van der Waals surface area (Å²) in [6.07, 6.45) is -0.751. The predicted octanol–water partition coefficient (Wildman–Crippen LogP) is 0.883. The van der Waals surface area contributed by atoms with Gasteiger partial charge in [-0.15, -0.1) is 0 Å². The molecule has 14 heteroatoms. The van der Waals surface area contributed by atoms with Gasteiger partial charge in [-0.2, -0.15) is 0 Å². The van der Waals surface area contributed by atoms with Crippen LogP contribution in [-0.2, 0) is 16.1 Å². The molecule has 0 saturated carbocycles. The van der Waals surface area contributed by atoms with Gasteiger partial charge >= 0.3 is 11.9 Å². The first-order valence-electron chi connectivity index (χ1n) is 12.0.